The summed E-state index contributed by atoms with van der Waals surface area (Å²) in [7, 11) is 2.88. The molecule has 0 radical (unpaired) electrons. The third kappa shape index (κ3) is 11.1. The van der Waals surface area contributed by atoms with Crippen LogP contribution in [0, 0.1) is 17.3 Å². The molecule has 0 fully saturated rings. The quantitative estimate of drug-likeness (QED) is 0.239. The SMILES string of the molecule is C=CC(C)(C)OC(=O)C(C)C(C)C(=O)OC.CCC(C)(C)C(=O)OCCOC. The van der Waals surface area contributed by atoms with Gasteiger partial charge in [0.2, 0.25) is 0 Å². The topological polar surface area (TPSA) is 88.1 Å². The van der Waals surface area contributed by atoms with E-state index in [2.05, 4.69) is 11.3 Å². The smallest absolute Gasteiger partial charge is 0.311 e. The number of esters is 3. The Labute approximate surface area is 169 Å². The van der Waals surface area contributed by atoms with Gasteiger partial charge in [-0.3, -0.25) is 14.4 Å². The average Bonchev–Trinajstić information content (AvgIpc) is 2.66. The highest BCUT2D eigenvalue weighted by atomic mass is 16.6. The van der Waals surface area contributed by atoms with Gasteiger partial charge in [-0.2, -0.15) is 0 Å². The molecule has 28 heavy (non-hydrogen) atoms. The summed E-state index contributed by atoms with van der Waals surface area (Å²) >= 11 is 0. The molecule has 0 rings (SSSR count). The van der Waals surface area contributed by atoms with Gasteiger partial charge >= 0.3 is 17.9 Å². The number of carbonyl (C=O) groups is 3. The van der Waals surface area contributed by atoms with Gasteiger partial charge in [-0.15, -0.1) is 0 Å². The van der Waals surface area contributed by atoms with E-state index < -0.39 is 29.4 Å². The van der Waals surface area contributed by atoms with Crippen LogP contribution in [0.1, 0.15) is 54.9 Å². The van der Waals surface area contributed by atoms with Crippen LogP contribution < -0.4 is 0 Å². The normalized spacial score (nSPS) is 13.3. The minimum absolute atomic E-state index is 0.151. The Balaban J connectivity index is 0. The first-order valence-electron chi connectivity index (χ1n) is 9.40. The molecule has 0 aromatic heterocycles. The molecule has 2 atom stereocenters. The van der Waals surface area contributed by atoms with E-state index in [0.717, 1.165) is 6.42 Å². The van der Waals surface area contributed by atoms with Gasteiger partial charge in [0.1, 0.15) is 12.2 Å². The summed E-state index contributed by atoms with van der Waals surface area (Å²) in [6.45, 7) is 16.8. The first-order valence-corrected chi connectivity index (χ1v) is 9.40. The lowest BCUT2D eigenvalue weighted by molar-refractivity contribution is -0.164. The second kappa shape index (κ2) is 13.3. The van der Waals surface area contributed by atoms with Gasteiger partial charge in [0.15, 0.2) is 0 Å². The number of carbonyl (C=O) groups excluding carboxylic acids is 3. The van der Waals surface area contributed by atoms with E-state index in [1.165, 1.54) is 7.11 Å². The minimum atomic E-state index is -0.721. The van der Waals surface area contributed by atoms with Crippen LogP contribution in [0.4, 0.5) is 0 Å². The van der Waals surface area contributed by atoms with Crippen molar-refractivity contribution in [2.75, 3.05) is 27.4 Å². The van der Waals surface area contributed by atoms with Crippen molar-refractivity contribution in [3.63, 3.8) is 0 Å². The lowest BCUT2D eigenvalue weighted by Gasteiger charge is -2.24. The Morgan fingerprint density at radius 2 is 1.46 bits per heavy atom. The summed E-state index contributed by atoms with van der Waals surface area (Å²) in [5, 5.41) is 0. The summed E-state index contributed by atoms with van der Waals surface area (Å²) in [5.74, 6) is -2.05. The maximum Gasteiger partial charge on any atom is 0.311 e. The van der Waals surface area contributed by atoms with E-state index in [1.54, 1.807) is 40.9 Å². The van der Waals surface area contributed by atoms with Crippen LogP contribution in [0.5, 0.6) is 0 Å². The lowest BCUT2D eigenvalue weighted by atomic mass is 9.91. The summed E-state index contributed by atoms with van der Waals surface area (Å²) in [6.07, 6.45) is 2.33. The summed E-state index contributed by atoms with van der Waals surface area (Å²) in [5.41, 5.74) is -1.09. The molecule has 0 aliphatic heterocycles. The van der Waals surface area contributed by atoms with Crippen molar-refractivity contribution < 1.29 is 33.3 Å². The van der Waals surface area contributed by atoms with Crippen LogP contribution >= 0.6 is 0 Å². The maximum absolute atomic E-state index is 11.7. The van der Waals surface area contributed by atoms with Crippen LogP contribution in [0.15, 0.2) is 12.7 Å². The zero-order valence-electron chi connectivity index (χ0n) is 18.9. The fourth-order valence-corrected chi connectivity index (χ4v) is 1.55. The van der Waals surface area contributed by atoms with Crippen molar-refractivity contribution in [2.24, 2.45) is 17.3 Å². The summed E-state index contributed by atoms with van der Waals surface area (Å²) in [6, 6.07) is 0. The number of rotatable bonds is 10. The number of methoxy groups -OCH3 is 2. The number of hydrogen-bond acceptors (Lipinski definition) is 7. The molecule has 0 aliphatic rings. The van der Waals surface area contributed by atoms with Crippen LogP contribution in [0.2, 0.25) is 0 Å². The van der Waals surface area contributed by atoms with Gasteiger partial charge in [-0.1, -0.05) is 27.4 Å². The van der Waals surface area contributed by atoms with Crippen LogP contribution in [0.3, 0.4) is 0 Å². The molecule has 0 aromatic rings. The molecular formula is C21H38O7. The lowest BCUT2D eigenvalue weighted by Crippen LogP contribution is -2.33. The predicted octanol–water partition coefficient (Wildman–Crippen LogP) is 3.55. The first-order chi connectivity index (χ1) is 12.8. The van der Waals surface area contributed by atoms with Crippen LogP contribution in [-0.2, 0) is 33.3 Å². The van der Waals surface area contributed by atoms with E-state index in [-0.39, 0.29) is 11.4 Å². The van der Waals surface area contributed by atoms with Crippen molar-refractivity contribution in [3.05, 3.63) is 12.7 Å². The molecule has 0 saturated carbocycles. The molecule has 2 unspecified atom stereocenters. The Bertz CT molecular complexity index is 509. The predicted molar refractivity (Wildman–Crippen MR) is 108 cm³/mol. The monoisotopic (exact) mass is 402 g/mol. The minimum Gasteiger partial charge on any atom is -0.469 e. The molecule has 164 valence electrons. The fourth-order valence-electron chi connectivity index (χ4n) is 1.55. The van der Waals surface area contributed by atoms with Gasteiger partial charge in [-0.05, 0) is 40.2 Å². The molecule has 0 aliphatic carbocycles. The van der Waals surface area contributed by atoms with Gasteiger partial charge in [0, 0.05) is 7.11 Å². The van der Waals surface area contributed by atoms with Crippen molar-refractivity contribution in [2.45, 2.75) is 60.5 Å². The van der Waals surface area contributed by atoms with E-state index in [1.807, 2.05) is 20.8 Å². The molecule has 0 spiro atoms. The summed E-state index contributed by atoms with van der Waals surface area (Å²) in [4.78, 5) is 34.2. The Morgan fingerprint density at radius 1 is 0.964 bits per heavy atom. The second-order valence-corrected chi connectivity index (χ2v) is 7.70. The van der Waals surface area contributed by atoms with Crippen LogP contribution in [0.25, 0.3) is 0 Å². The molecule has 7 nitrogen and oxygen atoms in total. The van der Waals surface area contributed by atoms with Crippen molar-refractivity contribution in [1.29, 1.82) is 0 Å². The highest BCUT2D eigenvalue weighted by molar-refractivity contribution is 5.81. The largest absolute Gasteiger partial charge is 0.469 e. The third-order valence-electron chi connectivity index (χ3n) is 4.51. The van der Waals surface area contributed by atoms with E-state index in [9.17, 15) is 14.4 Å². The zero-order valence-corrected chi connectivity index (χ0v) is 18.9. The molecular weight excluding hydrogens is 364 g/mol. The second-order valence-electron chi connectivity index (χ2n) is 7.70. The van der Waals surface area contributed by atoms with E-state index in [4.69, 9.17) is 14.2 Å². The molecule has 0 amide bonds. The van der Waals surface area contributed by atoms with Gasteiger partial charge < -0.3 is 18.9 Å². The number of hydrogen-bond donors (Lipinski definition) is 0. The Kier molecular flexibility index (Phi) is 13.5. The van der Waals surface area contributed by atoms with Crippen molar-refractivity contribution in [3.8, 4) is 0 Å². The van der Waals surface area contributed by atoms with Crippen LogP contribution in [-0.4, -0.2) is 50.9 Å². The molecule has 0 saturated heterocycles. The van der Waals surface area contributed by atoms with Gasteiger partial charge in [0.05, 0.1) is 31.0 Å². The molecule has 7 heteroatoms. The molecule has 0 N–H and O–H groups in total. The Morgan fingerprint density at radius 3 is 1.86 bits per heavy atom. The van der Waals surface area contributed by atoms with E-state index >= 15 is 0 Å². The molecule has 0 bridgehead atoms. The highest BCUT2D eigenvalue weighted by Crippen LogP contribution is 2.21. The first kappa shape index (κ1) is 28.3. The third-order valence-corrected chi connectivity index (χ3v) is 4.51. The fraction of sp³-hybridized carbons (Fsp3) is 0.762. The van der Waals surface area contributed by atoms with Gasteiger partial charge in [0.25, 0.3) is 0 Å². The van der Waals surface area contributed by atoms with Gasteiger partial charge in [-0.25, -0.2) is 0 Å². The molecule has 0 aromatic carbocycles. The van der Waals surface area contributed by atoms with Crippen molar-refractivity contribution >= 4 is 17.9 Å². The summed E-state index contributed by atoms with van der Waals surface area (Å²) < 4.78 is 19.5. The average molecular weight is 403 g/mol. The maximum atomic E-state index is 11.7. The molecule has 0 heterocycles. The Hall–Kier alpha value is -1.89. The standard InChI is InChI=1S/C12H20O4.C9H18O3/c1-7-12(4,5)16-11(14)9(3)8(2)10(13)15-6;1-5-9(2,3)8(10)12-7-6-11-4/h7-9H,1H2,2-6H3;5-7H2,1-4H3. The number of ether oxygens (including phenoxy) is 4. The van der Waals surface area contributed by atoms with E-state index in [0.29, 0.717) is 13.2 Å². The van der Waals surface area contributed by atoms with Crippen molar-refractivity contribution in [1.82, 2.24) is 0 Å². The highest BCUT2D eigenvalue weighted by Gasteiger charge is 2.31. The zero-order chi connectivity index (χ0) is 22.5.